The Hall–Kier alpha value is -1.26. The number of likely N-dealkylation sites (N-methyl/N-ethyl adjacent to an activating group) is 2. The van der Waals surface area contributed by atoms with E-state index >= 15 is 0 Å². The minimum Gasteiger partial charge on any atom is -0.382 e. The van der Waals surface area contributed by atoms with Crippen molar-refractivity contribution in [1.82, 2.24) is 4.90 Å². The standard InChI is InChI=1S/C18H30N3O/c1-15(2)20(3)10-11-21(4)18-7-5-6-17(14-18)19-16-8-12-22-13-9-16/h5,7,14-16,19H,8-13H2,1-4H3. The molecule has 22 heavy (non-hydrogen) atoms. The predicted octanol–water partition coefficient (Wildman–Crippen LogP) is 2.85. The number of hydrogen-bond acceptors (Lipinski definition) is 4. The maximum absolute atomic E-state index is 5.41. The number of ether oxygens (including phenoxy) is 1. The molecule has 0 unspecified atom stereocenters. The first-order valence-corrected chi connectivity index (χ1v) is 8.33. The zero-order chi connectivity index (χ0) is 15.9. The molecule has 1 fully saturated rings. The number of hydrogen-bond donors (Lipinski definition) is 1. The first kappa shape index (κ1) is 17.1. The SMILES string of the molecule is CC(C)N(C)CCN(C)c1cc[c]c(NC2CCOCC2)c1. The van der Waals surface area contributed by atoms with Gasteiger partial charge in [0.05, 0.1) is 0 Å². The fourth-order valence-corrected chi connectivity index (χ4v) is 2.53. The van der Waals surface area contributed by atoms with Gasteiger partial charge in [0, 0.05) is 62.9 Å². The van der Waals surface area contributed by atoms with Crippen LogP contribution in [0.1, 0.15) is 26.7 Å². The van der Waals surface area contributed by atoms with Crippen molar-refractivity contribution in [3.8, 4) is 0 Å². The van der Waals surface area contributed by atoms with Crippen molar-refractivity contribution < 1.29 is 4.74 Å². The largest absolute Gasteiger partial charge is 0.382 e. The van der Waals surface area contributed by atoms with Gasteiger partial charge in [-0.1, -0.05) is 6.07 Å². The van der Waals surface area contributed by atoms with Gasteiger partial charge in [0.15, 0.2) is 0 Å². The summed E-state index contributed by atoms with van der Waals surface area (Å²) < 4.78 is 5.41. The van der Waals surface area contributed by atoms with Crippen LogP contribution in [0, 0.1) is 6.07 Å². The molecule has 0 saturated carbocycles. The Kier molecular flexibility index (Phi) is 6.52. The quantitative estimate of drug-likeness (QED) is 0.838. The number of nitrogens with zero attached hydrogens (tertiary/aromatic N) is 2. The second-order valence-electron chi connectivity index (χ2n) is 6.49. The molecule has 1 aliphatic rings. The van der Waals surface area contributed by atoms with Crippen molar-refractivity contribution in [2.45, 2.75) is 38.8 Å². The summed E-state index contributed by atoms with van der Waals surface area (Å²) in [5.41, 5.74) is 2.33. The molecule has 1 aromatic carbocycles. The number of anilines is 2. The van der Waals surface area contributed by atoms with Crippen molar-refractivity contribution in [2.75, 3.05) is 50.6 Å². The van der Waals surface area contributed by atoms with Crippen LogP contribution in [0.25, 0.3) is 0 Å². The molecule has 1 aliphatic heterocycles. The van der Waals surface area contributed by atoms with Crippen LogP contribution in [0.2, 0.25) is 0 Å². The van der Waals surface area contributed by atoms with Crippen LogP contribution in [0.3, 0.4) is 0 Å². The van der Waals surface area contributed by atoms with Gasteiger partial charge in [-0.2, -0.15) is 0 Å². The van der Waals surface area contributed by atoms with Gasteiger partial charge in [-0.15, -0.1) is 0 Å². The van der Waals surface area contributed by atoms with Crippen molar-refractivity contribution in [3.05, 3.63) is 24.3 Å². The minimum atomic E-state index is 0.512. The molecule has 4 nitrogen and oxygen atoms in total. The predicted molar refractivity (Wildman–Crippen MR) is 93.8 cm³/mol. The Morgan fingerprint density at radius 3 is 2.68 bits per heavy atom. The van der Waals surface area contributed by atoms with Gasteiger partial charge in [0.1, 0.15) is 0 Å². The molecular weight excluding hydrogens is 274 g/mol. The highest BCUT2D eigenvalue weighted by molar-refractivity contribution is 5.57. The lowest BCUT2D eigenvalue weighted by molar-refractivity contribution is 0.0904. The summed E-state index contributed by atoms with van der Waals surface area (Å²) in [6.07, 6.45) is 2.15. The zero-order valence-electron chi connectivity index (χ0n) is 14.4. The topological polar surface area (TPSA) is 27.7 Å². The second-order valence-corrected chi connectivity index (χ2v) is 6.49. The summed E-state index contributed by atoms with van der Waals surface area (Å²) >= 11 is 0. The van der Waals surface area contributed by atoms with E-state index in [1.165, 1.54) is 5.69 Å². The second kappa shape index (κ2) is 8.39. The summed E-state index contributed by atoms with van der Waals surface area (Å²) in [5.74, 6) is 0. The Bertz CT molecular complexity index is 444. The van der Waals surface area contributed by atoms with Crippen LogP contribution in [0.5, 0.6) is 0 Å². The normalized spacial score (nSPS) is 16.3. The molecule has 1 N–H and O–H groups in total. The molecular formula is C18H30N3O. The molecule has 0 amide bonds. The smallest absolute Gasteiger partial charge is 0.0485 e. The minimum absolute atomic E-state index is 0.512. The van der Waals surface area contributed by atoms with Crippen LogP contribution in [0.4, 0.5) is 11.4 Å². The first-order chi connectivity index (χ1) is 10.6. The molecule has 123 valence electrons. The highest BCUT2D eigenvalue weighted by Gasteiger charge is 2.14. The van der Waals surface area contributed by atoms with Gasteiger partial charge in [-0.25, -0.2) is 0 Å². The molecule has 0 aliphatic carbocycles. The molecule has 4 heteroatoms. The van der Waals surface area contributed by atoms with E-state index in [0.29, 0.717) is 12.1 Å². The van der Waals surface area contributed by atoms with E-state index in [-0.39, 0.29) is 0 Å². The van der Waals surface area contributed by atoms with E-state index in [1.54, 1.807) is 0 Å². The maximum Gasteiger partial charge on any atom is 0.0485 e. The van der Waals surface area contributed by atoms with Gasteiger partial charge < -0.3 is 19.9 Å². The Labute approximate surface area is 135 Å². The van der Waals surface area contributed by atoms with E-state index in [4.69, 9.17) is 4.74 Å². The lowest BCUT2D eigenvalue weighted by Gasteiger charge is -2.27. The Morgan fingerprint density at radius 2 is 2.00 bits per heavy atom. The van der Waals surface area contributed by atoms with E-state index in [0.717, 1.165) is 44.8 Å². The van der Waals surface area contributed by atoms with E-state index in [9.17, 15) is 0 Å². The fraction of sp³-hybridized carbons (Fsp3) is 0.667. The van der Waals surface area contributed by atoms with Crippen LogP contribution < -0.4 is 10.2 Å². The van der Waals surface area contributed by atoms with Gasteiger partial charge in [-0.05, 0) is 45.9 Å². The third-order valence-electron chi connectivity index (χ3n) is 4.48. The van der Waals surface area contributed by atoms with Crippen molar-refractivity contribution in [3.63, 3.8) is 0 Å². The average Bonchev–Trinajstić information content (AvgIpc) is 2.53. The Morgan fingerprint density at radius 1 is 1.27 bits per heavy atom. The van der Waals surface area contributed by atoms with Crippen molar-refractivity contribution in [2.24, 2.45) is 0 Å². The third kappa shape index (κ3) is 5.18. The lowest BCUT2D eigenvalue weighted by atomic mass is 10.1. The van der Waals surface area contributed by atoms with Crippen LogP contribution in [-0.4, -0.2) is 57.4 Å². The van der Waals surface area contributed by atoms with Crippen LogP contribution in [-0.2, 0) is 4.74 Å². The van der Waals surface area contributed by atoms with Crippen molar-refractivity contribution in [1.29, 1.82) is 0 Å². The average molecular weight is 304 g/mol. The molecule has 0 spiro atoms. The number of benzene rings is 1. The maximum atomic E-state index is 5.41. The summed E-state index contributed by atoms with van der Waals surface area (Å²) in [5, 5.41) is 3.59. The molecule has 0 aromatic heterocycles. The van der Waals surface area contributed by atoms with E-state index in [1.807, 2.05) is 6.07 Å². The number of nitrogens with one attached hydrogen (secondary N) is 1. The summed E-state index contributed by atoms with van der Waals surface area (Å²) in [6, 6.07) is 10.7. The molecule has 0 atom stereocenters. The lowest BCUT2D eigenvalue weighted by Crippen LogP contribution is -2.34. The zero-order valence-corrected chi connectivity index (χ0v) is 14.4. The van der Waals surface area contributed by atoms with Crippen molar-refractivity contribution >= 4 is 11.4 Å². The van der Waals surface area contributed by atoms with Gasteiger partial charge in [0.2, 0.25) is 0 Å². The van der Waals surface area contributed by atoms with Crippen LogP contribution >= 0.6 is 0 Å². The molecule has 0 bridgehead atoms. The number of rotatable bonds is 7. The molecule has 1 aromatic rings. The summed E-state index contributed by atoms with van der Waals surface area (Å²) in [7, 11) is 4.33. The molecule has 2 rings (SSSR count). The van der Waals surface area contributed by atoms with Gasteiger partial charge in [0.25, 0.3) is 0 Å². The van der Waals surface area contributed by atoms with Gasteiger partial charge in [-0.3, -0.25) is 0 Å². The molecule has 1 radical (unpaired) electrons. The van der Waals surface area contributed by atoms with E-state index < -0.39 is 0 Å². The Balaban J connectivity index is 1.89. The highest BCUT2D eigenvalue weighted by atomic mass is 16.5. The molecule has 1 heterocycles. The summed E-state index contributed by atoms with van der Waals surface area (Å²) in [6.45, 7) is 8.27. The first-order valence-electron chi connectivity index (χ1n) is 8.33. The monoisotopic (exact) mass is 304 g/mol. The van der Waals surface area contributed by atoms with E-state index in [2.05, 4.69) is 61.3 Å². The highest BCUT2D eigenvalue weighted by Crippen LogP contribution is 2.20. The molecule has 1 saturated heterocycles. The summed E-state index contributed by atoms with van der Waals surface area (Å²) in [4.78, 5) is 4.68. The van der Waals surface area contributed by atoms with Crippen LogP contribution in [0.15, 0.2) is 18.2 Å². The third-order valence-corrected chi connectivity index (χ3v) is 4.48. The van der Waals surface area contributed by atoms with Gasteiger partial charge >= 0.3 is 0 Å². The fourth-order valence-electron chi connectivity index (χ4n) is 2.53.